The highest BCUT2D eigenvalue weighted by molar-refractivity contribution is 5.54. The minimum Gasteiger partial charge on any atom is -0.508 e. The van der Waals surface area contributed by atoms with Gasteiger partial charge in [-0.05, 0) is 36.8 Å². The number of nitrogens with one attached hydrogen (secondary N) is 1. The second-order valence-corrected chi connectivity index (χ2v) is 4.69. The van der Waals surface area contributed by atoms with Gasteiger partial charge in [-0.3, -0.25) is 0 Å². The predicted molar refractivity (Wildman–Crippen MR) is 73.3 cm³/mol. The summed E-state index contributed by atoms with van der Waals surface area (Å²) in [4.78, 5) is 0. The molecule has 0 saturated heterocycles. The van der Waals surface area contributed by atoms with Gasteiger partial charge in [0.05, 0.1) is 5.56 Å². The number of anilines is 1. The molecule has 112 valence electrons. The number of hydrogen-bond acceptors (Lipinski definition) is 3. The second kappa shape index (κ2) is 5.55. The number of phenols is 2. The largest absolute Gasteiger partial charge is 0.508 e. The average molecular weight is 297 g/mol. The van der Waals surface area contributed by atoms with Gasteiger partial charge in [-0.2, -0.15) is 13.2 Å². The van der Waals surface area contributed by atoms with Crippen LogP contribution in [0.4, 0.5) is 18.9 Å². The summed E-state index contributed by atoms with van der Waals surface area (Å²) in [5.74, 6) is -0.300. The number of halogens is 3. The van der Waals surface area contributed by atoms with Crippen molar-refractivity contribution < 1.29 is 23.4 Å². The first-order chi connectivity index (χ1) is 9.77. The van der Waals surface area contributed by atoms with Crippen LogP contribution in [0.1, 0.15) is 24.1 Å². The Morgan fingerprint density at radius 2 is 1.57 bits per heavy atom. The molecule has 2 aromatic carbocycles. The number of hydrogen-bond donors (Lipinski definition) is 3. The van der Waals surface area contributed by atoms with E-state index in [1.807, 2.05) is 0 Å². The van der Waals surface area contributed by atoms with Crippen LogP contribution in [0.2, 0.25) is 0 Å². The molecular weight excluding hydrogens is 283 g/mol. The molecule has 0 aliphatic heterocycles. The van der Waals surface area contributed by atoms with Crippen molar-refractivity contribution >= 4 is 5.69 Å². The average Bonchev–Trinajstić information content (AvgIpc) is 2.37. The molecule has 2 rings (SSSR count). The summed E-state index contributed by atoms with van der Waals surface area (Å²) in [5, 5.41) is 21.6. The van der Waals surface area contributed by atoms with Crippen LogP contribution in [0.5, 0.6) is 11.5 Å². The van der Waals surface area contributed by atoms with Crippen LogP contribution in [0.25, 0.3) is 0 Å². The maximum atomic E-state index is 12.9. The first kappa shape index (κ1) is 15.0. The Bertz CT molecular complexity index is 621. The highest BCUT2D eigenvalue weighted by Gasteiger charge is 2.33. The van der Waals surface area contributed by atoms with E-state index in [0.29, 0.717) is 5.56 Å². The third kappa shape index (κ3) is 3.59. The highest BCUT2D eigenvalue weighted by atomic mass is 19.4. The molecule has 0 aliphatic rings. The minimum absolute atomic E-state index is 0.0552. The molecule has 0 fully saturated rings. The van der Waals surface area contributed by atoms with Crippen molar-refractivity contribution in [3.63, 3.8) is 0 Å². The number of aromatic hydroxyl groups is 2. The lowest BCUT2D eigenvalue weighted by molar-refractivity contribution is -0.137. The third-order valence-electron chi connectivity index (χ3n) is 3.03. The normalized spacial score (nSPS) is 13.0. The van der Waals surface area contributed by atoms with E-state index in [1.165, 1.54) is 30.3 Å². The molecule has 6 heteroatoms. The van der Waals surface area contributed by atoms with Crippen LogP contribution in [-0.2, 0) is 6.18 Å². The number of para-hydroxylation sites is 1. The summed E-state index contributed by atoms with van der Waals surface area (Å²) in [5.41, 5.74) is -0.342. The maximum absolute atomic E-state index is 12.9. The number of alkyl halides is 3. The van der Waals surface area contributed by atoms with Crippen LogP contribution < -0.4 is 5.32 Å². The summed E-state index contributed by atoms with van der Waals surface area (Å²) in [7, 11) is 0. The Kier molecular flexibility index (Phi) is 3.97. The molecular formula is C15H14F3NO2. The van der Waals surface area contributed by atoms with Crippen molar-refractivity contribution in [2.45, 2.75) is 19.1 Å². The lowest BCUT2D eigenvalue weighted by Crippen LogP contribution is -2.13. The molecule has 0 radical (unpaired) electrons. The van der Waals surface area contributed by atoms with Gasteiger partial charge >= 0.3 is 6.18 Å². The fraction of sp³-hybridized carbons (Fsp3) is 0.200. The molecule has 0 saturated carbocycles. The molecule has 0 aliphatic carbocycles. The van der Waals surface area contributed by atoms with Crippen molar-refractivity contribution in [2.75, 3.05) is 5.32 Å². The molecule has 3 N–H and O–H groups in total. The molecule has 1 unspecified atom stereocenters. The quantitative estimate of drug-likeness (QED) is 0.792. The van der Waals surface area contributed by atoms with Crippen LogP contribution in [0, 0.1) is 0 Å². The lowest BCUT2D eigenvalue weighted by atomic mass is 10.1. The van der Waals surface area contributed by atoms with Gasteiger partial charge in [0.2, 0.25) is 0 Å². The fourth-order valence-corrected chi connectivity index (χ4v) is 2.04. The van der Waals surface area contributed by atoms with Gasteiger partial charge in [0, 0.05) is 17.8 Å². The molecule has 3 nitrogen and oxygen atoms in total. The molecule has 0 spiro atoms. The van der Waals surface area contributed by atoms with E-state index in [9.17, 15) is 23.4 Å². The summed E-state index contributed by atoms with van der Waals surface area (Å²) in [6.45, 7) is 1.64. The van der Waals surface area contributed by atoms with Gasteiger partial charge < -0.3 is 15.5 Å². The van der Waals surface area contributed by atoms with Crippen LogP contribution in [-0.4, -0.2) is 10.2 Å². The van der Waals surface area contributed by atoms with Crippen molar-refractivity contribution in [2.24, 2.45) is 0 Å². The number of phenolic OH excluding ortho intramolecular Hbond substituents is 2. The molecule has 0 bridgehead atoms. The third-order valence-corrected chi connectivity index (χ3v) is 3.03. The van der Waals surface area contributed by atoms with Gasteiger partial charge in [-0.25, -0.2) is 0 Å². The zero-order valence-electron chi connectivity index (χ0n) is 11.1. The SMILES string of the molecule is CC(Nc1ccccc1C(F)(F)F)c1cc(O)cc(O)c1. The van der Waals surface area contributed by atoms with Crippen LogP contribution in [0.3, 0.4) is 0 Å². The van der Waals surface area contributed by atoms with Gasteiger partial charge in [0.15, 0.2) is 0 Å². The Hall–Kier alpha value is -2.37. The lowest BCUT2D eigenvalue weighted by Gasteiger charge is -2.20. The van der Waals surface area contributed by atoms with Gasteiger partial charge in [0.1, 0.15) is 11.5 Å². The maximum Gasteiger partial charge on any atom is 0.418 e. The van der Waals surface area contributed by atoms with Crippen LogP contribution >= 0.6 is 0 Å². The van der Waals surface area contributed by atoms with E-state index in [-0.39, 0.29) is 17.2 Å². The van der Waals surface area contributed by atoms with Gasteiger partial charge in [-0.1, -0.05) is 12.1 Å². The Labute approximate surface area is 119 Å². The smallest absolute Gasteiger partial charge is 0.418 e. The molecule has 0 amide bonds. The topological polar surface area (TPSA) is 52.5 Å². The summed E-state index contributed by atoms with van der Waals surface area (Å²) in [6, 6.07) is 8.55. The van der Waals surface area contributed by atoms with Crippen molar-refractivity contribution in [3.05, 3.63) is 53.6 Å². The Morgan fingerprint density at radius 1 is 1.00 bits per heavy atom. The fourth-order valence-electron chi connectivity index (χ4n) is 2.04. The van der Waals surface area contributed by atoms with Crippen molar-refractivity contribution in [1.82, 2.24) is 0 Å². The predicted octanol–water partition coefficient (Wildman–Crippen LogP) is 4.29. The van der Waals surface area contributed by atoms with E-state index in [0.717, 1.165) is 12.1 Å². The zero-order valence-corrected chi connectivity index (χ0v) is 11.1. The first-order valence-corrected chi connectivity index (χ1v) is 6.23. The first-order valence-electron chi connectivity index (χ1n) is 6.23. The van der Waals surface area contributed by atoms with Gasteiger partial charge in [0.25, 0.3) is 0 Å². The van der Waals surface area contributed by atoms with Crippen LogP contribution in [0.15, 0.2) is 42.5 Å². The van der Waals surface area contributed by atoms with E-state index in [2.05, 4.69) is 5.32 Å². The molecule has 2 aromatic rings. The monoisotopic (exact) mass is 297 g/mol. The minimum atomic E-state index is -4.45. The van der Waals surface area contributed by atoms with E-state index in [1.54, 1.807) is 6.92 Å². The molecule has 21 heavy (non-hydrogen) atoms. The number of benzene rings is 2. The molecule has 1 atom stereocenters. The summed E-state index contributed by atoms with van der Waals surface area (Å²) < 4.78 is 38.7. The van der Waals surface area contributed by atoms with Crippen molar-refractivity contribution in [3.8, 4) is 11.5 Å². The zero-order chi connectivity index (χ0) is 15.6. The Balaban J connectivity index is 2.30. The highest BCUT2D eigenvalue weighted by Crippen LogP contribution is 2.36. The summed E-state index contributed by atoms with van der Waals surface area (Å²) >= 11 is 0. The van der Waals surface area contributed by atoms with E-state index in [4.69, 9.17) is 0 Å². The Morgan fingerprint density at radius 3 is 2.14 bits per heavy atom. The van der Waals surface area contributed by atoms with Crippen molar-refractivity contribution in [1.29, 1.82) is 0 Å². The van der Waals surface area contributed by atoms with E-state index >= 15 is 0 Å². The number of rotatable bonds is 3. The second-order valence-electron chi connectivity index (χ2n) is 4.69. The molecule has 0 heterocycles. The standard InChI is InChI=1S/C15H14F3NO2/c1-9(10-6-11(20)8-12(21)7-10)19-14-5-3-2-4-13(14)15(16,17)18/h2-9,19-21H,1H3. The van der Waals surface area contributed by atoms with Gasteiger partial charge in [-0.15, -0.1) is 0 Å². The summed E-state index contributed by atoms with van der Waals surface area (Å²) in [6.07, 6.45) is -4.45. The van der Waals surface area contributed by atoms with E-state index < -0.39 is 17.8 Å². The molecule has 0 aromatic heterocycles.